The van der Waals surface area contributed by atoms with Crippen molar-refractivity contribution in [2.75, 3.05) is 32.8 Å². The molecule has 23 heavy (non-hydrogen) atoms. The molecule has 5 heteroatoms. The first kappa shape index (κ1) is 16.4. The fraction of sp³-hybridized carbons (Fsp3) is 0.611. The number of hydrogen-bond acceptors (Lipinski definition) is 4. The molecule has 1 saturated heterocycles. The highest BCUT2D eigenvalue weighted by molar-refractivity contribution is 5.82. The van der Waals surface area contributed by atoms with Crippen LogP contribution in [-0.4, -0.2) is 54.8 Å². The maximum atomic E-state index is 12.4. The van der Waals surface area contributed by atoms with Gasteiger partial charge in [-0.05, 0) is 43.4 Å². The van der Waals surface area contributed by atoms with Crippen molar-refractivity contribution in [3.63, 3.8) is 0 Å². The number of aliphatic hydroxyl groups excluding tert-OH is 1. The van der Waals surface area contributed by atoms with Crippen LogP contribution in [0.5, 0.6) is 0 Å². The number of amides is 1. The summed E-state index contributed by atoms with van der Waals surface area (Å²) in [5, 5.41) is 12.5. The predicted octanol–water partition coefficient (Wildman–Crippen LogP) is 1.26. The number of piperidine rings is 1. The molecule has 0 saturated carbocycles. The number of nitrogens with zero attached hydrogens (tertiary/aromatic N) is 1. The summed E-state index contributed by atoms with van der Waals surface area (Å²) in [7, 11) is 0. The first-order valence-electron chi connectivity index (χ1n) is 8.61. The van der Waals surface area contributed by atoms with Crippen molar-refractivity contribution >= 4 is 5.91 Å². The van der Waals surface area contributed by atoms with Crippen LogP contribution in [0.1, 0.15) is 36.5 Å². The van der Waals surface area contributed by atoms with Gasteiger partial charge in [0.1, 0.15) is 0 Å². The molecule has 126 valence electrons. The minimum atomic E-state index is -0.468. The highest BCUT2D eigenvalue weighted by Gasteiger charge is 2.26. The lowest BCUT2D eigenvalue weighted by molar-refractivity contribution is -0.134. The molecule has 2 aliphatic rings. The van der Waals surface area contributed by atoms with Gasteiger partial charge in [-0.3, -0.25) is 4.79 Å². The largest absolute Gasteiger partial charge is 0.393 e. The molecule has 0 radical (unpaired) electrons. The van der Waals surface area contributed by atoms with Crippen LogP contribution < -0.4 is 5.32 Å². The van der Waals surface area contributed by atoms with Gasteiger partial charge in [0.25, 0.3) is 5.91 Å². The topological polar surface area (TPSA) is 61.8 Å². The smallest absolute Gasteiger partial charge is 0.253 e. The van der Waals surface area contributed by atoms with Crippen molar-refractivity contribution < 1.29 is 14.6 Å². The predicted molar refractivity (Wildman–Crippen MR) is 88.1 cm³/mol. The fourth-order valence-electron chi connectivity index (χ4n) is 3.36. The lowest BCUT2D eigenvalue weighted by Gasteiger charge is -2.29. The molecule has 1 amide bonds. The van der Waals surface area contributed by atoms with Crippen LogP contribution in [0.2, 0.25) is 0 Å². The second-order valence-corrected chi connectivity index (χ2v) is 6.42. The Morgan fingerprint density at radius 1 is 1.30 bits per heavy atom. The van der Waals surface area contributed by atoms with E-state index in [0.29, 0.717) is 13.2 Å². The highest BCUT2D eigenvalue weighted by Crippen LogP contribution is 2.26. The molecular formula is C18H26N2O3. The summed E-state index contributed by atoms with van der Waals surface area (Å²) in [5.74, 6) is -0.0359. The van der Waals surface area contributed by atoms with Gasteiger partial charge < -0.3 is 20.1 Å². The van der Waals surface area contributed by atoms with Gasteiger partial charge in [0.15, 0.2) is 6.10 Å². The third kappa shape index (κ3) is 4.31. The fourth-order valence-corrected chi connectivity index (χ4v) is 3.36. The molecule has 3 rings (SSSR count). The van der Waals surface area contributed by atoms with Crippen LogP contribution >= 0.6 is 0 Å². The zero-order valence-electron chi connectivity index (χ0n) is 13.5. The first-order chi connectivity index (χ1) is 11.2. The Bertz CT molecular complexity index is 527. The molecule has 2 N–H and O–H groups in total. The Morgan fingerprint density at radius 3 is 2.91 bits per heavy atom. The van der Waals surface area contributed by atoms with Gasteiger partial charge in [0, 0.05) is 19.6 Å². The zero-order valence-corrected chi connectivity index (χ0v) is 13.5. The lowest BCUT2D eigenvalue weighted by atomic mass is 9.97. The third-order valence-electron chi connectivity index (χ3n) is 4.74. The van der Waals surface area contributed by atoms with Crippen LogP contribution in [0.25, 0.3) is 0 Å². The molecule has 0 bridgehead atoms. The van der Waals surface area contributed by atoms with E-state index in [4.69, 9.17) is 4.74 Å². The van der Waals surface area contributed by atoms with E-state index < -0.39 is 6.10 Å². The number of rotatable bonds is 5. The monoisotopic (exact) mass is 318 g/mol. The highest BCUT2D eigenvalue weighted by atomic mass is 16.5. The number of nitrogens with one attached hydrogen (secondary N) is 1. The molecule has 1 fully saturated rings. The van der Waals surface area contributed by atoms with Crippen molar-refractivity contribution in [3.05, 3.63) is 35.4 Å². The van der Waals surface area contributed by atoms with E-state index in [1.54, 1.807) is 0 Å². The van der Waals surface area contributed by atoms with Gasteiger partial charge in [0.2, 0.25) is 0 Å². The van der Waals surface area contributed by atoms with Gasteiger partial charge in [-0.1, -0.05) is 24.3 Å². The minimum absolute atomic E-state index is 0.0359. The van der Waals surface area contributed by atoms with E-state index >= 15 is 0 Å². The Hall–Kier alpha value is -1.43. The van der Waals surface area contributed by atoms with Crippen LogP contribution in [0.15, 0.2) is 24.3 Å². The van der Waals surface area contributed by atoms with E-state index in [-0.39, 0.29) is 12.0 Å². The van der Waals surface area contributed by atoms with Crippen LogP contribution in [0, 0.1) is 0 Å². The zero-order chi connectivity index (χ0) is 16.1. The summed E-state index contributed by atoms with van der Waals surface area (Å²) in [6.07, 6.45) is 2.93. The average molecular weight is 318 g/mol. The second kappa shape index (κ2) is 7.90. The Labute approximate surface area is 137 Å². The SMILES string of the molecule is O=C(NCCCN1CCC(O)CC1)C1OCCc2ccccc21. The van der Waals surface area contributed by atoms with E-state index in [1.165, 1.54) is 5.56 Å². The van der Waals surface area contributed by atoms with Gasteiger partial charge in [-0.15, -0.1) is 0 Å². The maximum Gasteiger partial charge on any atom is 0.253 e. The standard InChI is InChI=1S/C18H26N2O3/c21-15-6-11-20(12-7-15)10-3-9-19-18(22)17-16-5-2-1-4-14(16)8-13-23-17/h1-2,4-5,15,17,21H,3,6-13H2,(H,19,22). The van der Waals surface area contributed by atoms with Gasteiger partial charge in [0.05, 0.1) is 12.7 Å². The Morgan fingerprint density at radius 2 is 2.09 bits per heavy atom. The van der Waals surface area contributed by atoms with Crippen molar-refractivity contribution in [2.45, 2.75) is 37.9 Å². The summed E-state index contributed by atoms with van der Waals surface area (Å²) in [5.41, 5.74) is 2.21. The van der Waals surface area contributed by atoms with Crippen LogP contribution in [0.4, 0.5) is 0 Å². The summed E-state index contributed by atoms with van der Waals surface area (Å²) in [4.78, 5) is 14.7. The molecule has 2 aliphatic heterocycles. The van der Waals surface area contributed by atoms with Crippen molar-refractivity contribution in [1.29, 1.82) is 0 Å². The average Bonchev–Trinajstić information content (AvgIpc) is 2.59. The molecular weight excluding hydrogens is 292 g/mol. The molecule has 0 aliphatic carbocycles. The Kier molecular flexibility index (Phi) is 5.65. The van der Waals surface area contributed by atoms with E-state index in [2.05, 4.69) is 16.3 Å². The second-order valence-electron chi connectivity index (χ2n) is 6.42. The normalized spacial score (nSPS) is 22.6. The van der Waals surface area contributed by atoms with E-state index in [1.807, 2.05) is 18.2 Å². The number of carbonyl (C=O) groups is 1. The number of aliphatic hydroxyl groups is 1. The first-order valence-corrected chi connectivity index (χ1v) is 8.61. The molecule has 1 aromatic carbocycles. The number of carbonyl (C=O) groups excluding carboxylic acids is 1. The molecule has 0 aromatic heterocycles. The van der Waals surface area contributed by atoms with Crippen molar-refractivity contribution in [2.24, 2.45) is 0 Å². The number of hydrogen-bond donors (Lipinski definition) is 2. The number of fused-ring (bicyclic) bond motifs is 1. The summed E-state index contributed by atoms with van der Waals surface area (Å²) >= 11 is 0. The molecule has 1 atom stereocenters. The van der Waals surface area contributed by atoms with E-state index in [0.717, 1.165) is 50.9 Å². The van der Waals surface area contributed by atoms with Gasteiger partial charge in [-0.25, -0.2) is 0 Å². The molecule has 1 unspecified atom stereocenters. The van der Waals surface area contributed by atoms with Crippen molar-refractivity contribution in [1.82, 2.24) is 10.2 Å². The molecule has 0 spiro atoms. The molecule has 5 nitrogen and oxygen atoms in total. The lowest BCUT2D eigenvalue weighted by Crippen LogP contribution is -2.38. The van der Waals surface area contributed by atoms with Crippen molar-refractivity contribution in [3.8, 4) is 0 Å². The van der Waals surface area contributed by atoms with E-state index in [9.17, 15) is 9.90 Å². The van der Waals surface area contributed by atoms with Gasteiger partial charge in [-0.2, -0.15) is 0 Å². The summed E-state index contributed by atoms with van der Waals surface area (Å²) in [6.45, 7) is 4.14. The number of likely N-dealkylation sites (tertiary alicyclic amines) is 1. The van der Waals surface area contributed by atoms with Crippen LogP contribution in [-0.2, 0) is 16.0 Å². The molecule has 1 aromatic rings. The number of benzene rings is 1. The number of ether oxygens (including phenoxy) is 1. The maximum absolute atomic E-state index is 12.4. The summed E-state index contributed by atoms with van der Waals surface area (Å²) in [6, 6.07) is 8.02. The molecule has 2 heterocycles. The third-order valence-corrected chi connectivity index (χ3v) is 4.74. The Balaban J connectivity index is 1.42. The van der Waals surface area contributed by atoms with Gasteiger partial charge >= 0.3 is 0 Å². The summed E-state index contributed by atoms with van der Waals surface area (Å²) < 4.78 is 5.67. The quantitative estimate of drug-likeness (QED) is 0.803. The minimum Gasteiger partial charge on any atom is -0.393 e. The van der Waals surface area contributed by atoms with Crippen LogP contribution in [0.3, 0.4) is 0 Å².